The molecule has 39 heavy (non-hydrogen) atoms. The van der Waals surface area contributed by atoms with Gasteiger partial charge in [0.05, 0.1) is 41.8 Å². The van der Waals surface area contributed by atoms with Crippen molar-refractivity contribution in [3.8, 4) is 11.6 Å². The Morgan fingerprint density at radius 3 is 2.67 bits per heavy atom. The van der Waals surface area contributed by atoms with Crippen LogP contribution in [0.15, 0.2) is 55.5 Å². The summed E-state index contributed by atoms with van der Waals surface area (Å²) in [6.45, 7) is 14.3. The van der Waals surface area contributed by atoms with Crippen LogP contribution in [-0.2, 0) is 4.79 Å². The highest BCUT2D eigenvalue weighted by atomic mass is 16.5. The van der Waals surface area contributed by atoms with Crippen molar-refractivity contribution in [3.05, 3.63) is 72.5 Å². The molecule has 0 bridgehead atoms. The Balaban J connectivity index is 1.73. The maximum atomic E-state index is 12.2. The third kappa shape index (κ3) is 5.97. The summed E-state index contributed by atoms with van der Waals surface area (Å²) in [5, 5.41) is 6.14. The number of ether oxygens (including phenoxy) is 1. The predicted molar refractivity (Wildman–Crippen MR) is 155 cm³/mol. The number of fused-ring (bicyclic) bond motifs is 1. The SMILES string of the molecule is [C-]#[N+]c1ccc2c(c1)ncn2-c1nc(Nc2cc(NC(=O)C=C)c(N(C)CCN(C)C)cc2OC)ncc1C. The molecule has 0 radical (unpaired) electrons. The molecule has 1 amide bonds. The van der Waals surface area contributed by atoms with Gasteiger partial charge in [0.15, 0.2) is 5.69 Å². The van der Waals surface area contributed by atoms with Crippen molar-refractivity contribution < 1.29 is 9.53 Å². The summed E-state index contributed by atoms with van der Waals surface area (Å²) < 4.78 is 7.56. The third-order valence-electron chi connectivity index (χ3n) is 6.13. The van der Waals surface area contributed by atoms with Crippen LogP contribution in [0.5, 0.6) is 5.75 Å². The Morgan fingerprint density at radius 2 is 1.97 bits per heavy atom. The minimum absolute atomic E-state index is 0.324. The summed E-state index contributed by atoms with van der Waals surface area (Å²) in [4.78, 5) is 33.5. The van der Waals surface area contributed by atoms with Gasteiger partial charge in [0.25, 0.3) is 0 Å². The Bertz CT molecular complexity index is 1570. The lowest BCUT2D eigenvalue weighted by Crippen LogP contribution is -2.29. The number of anilines is 4. The van der Waals surface area contributed by atoms with Gasteiger partial charge in [0.2, 0.25) is 11.9 Å². The average Bonchev–Trinajstić information content (AvgIpc) is 3.35. The topological polar surface area (TPSA) is 105 Å². The number of carbonyl (C=O) groups is 1. The molecule has 200 valence electrons. The number of methoxy groups -OCH3 is 1. The molecule has 0 unspecified atom stereocenters. The van der Waals surface area contributed by atoms with E-state index in [9.17, 15) is 4.79 Å². The van der Waals surface area contributed by atoms with Crippen LogP contribution < -0.4 is 20.3 Å². The van der Waals surface area contributed by atoms with Crippen LogP contribution in [0, 0.1) is 13.5 Å². The normalized spacial score (nSPS) is 10.8. The van der Waals surface area contributed by atoms with Gasteiger partial charge in [0.1, 0.15) is 17.9 Å². The second-order valence-corrected chi connectivity index (χ2v) is 9.21. The van der Waals surface area contributed by atoms with E-state index < -0.39 is 0 Å². The lowest BCUT2D eigenvalue weighted by molar-refractivity contribution is -0.111. The quantitative estimate of drug-likeness (QED) is 0.230. The van der Waals surface area contributed by atoms with Crippen molar-refractivity contribution in [1.29, 1.82) is 0 Å². The summed E-state index contributed by atoms with van der Waals surface area (Å²) in [6, 6.07) is 9.01. The highest BCUT2D eigenvalue weighted by Crippen LogP contribution is 2.38. The van der Waals surface area contributed by atoms with Gasteiger partial charge in [-0.05, 0) is 45.3 Å². The molecule has 0 saturated carbocycles. The molecule has 0 fully saturated rings. The molecule has 11 nitrogen and oxygen atoms in total. The van der Waals surface area contributed by atoms with Gasteiger partial charge in [-0.15, -0.1) is 0 Å². The molecule has 2 aromatic carbocycles. The zero-order chi connectivity index (χ0) is 28.1. The smallest absolute Gasteiger partial charge is 0.247 e. The Hall–Kier alpha value is -4.95. The van der Waals surface area contributed by atoms with Crippen molar-refractivity contribution in [1.82, 2.24) is 24.4 Å². The van der Waals surface area contributed by atoms with E-state index in [1.807, 2.05) is 44.8 Å². The third-order valence-corrected chi connectivity index (χ3v) is 6.13. The second kappa shape index (κ2) is 11.6. The van der Waals surface area contributed by atoms with Crippen molar-refractivity contribution in [2.45, 2.75) is 6.92 Å². The van der Waals surface area contributed by atoms with Gasteiger partial charge in [-0.25, -0.2) is 14.8 Å². The van der Waals surface area contributed by atoms with E-state index in [0.29, 0.717) is 40.1 Å². The Kier molecular flexibility index (Phi) is 8.07. The molecule has 0 aliphatic rings. The van der Waals surface area contributed by atoms with E-state index >= 15 is 0 Å². The number of carbonyl (C=O) groups excluding carboxylic acids is 1. The molecule has 4 rings (SSSR count). The van der Waals surface area contributed by atoms with Gasteiger partial charge in [0, 0.05) is 38.0 Å². The lowest BCUT2D eigenvalue weighted by atomic mass is 10.2. The predicted octanol–water partition coefficient (Wildman–Crippen LogP) is 4.55. The lowest BCUT2D eigenvalue weighted by Gasteiger charge is -2.26. The van der Waals surface area contributed by atoms with Gasteiger partial charge < -0.3 is 25.2 Å². The molecular formula is C28H31N9O2. The number of benzene rings is 2. The minimum atomic E-state index is -0.324. The van der Waals surface area contributed by atoms with Crippen molar-refractivity contribution in [2.24, 2.45) is 0 Å². The van der Waals surface area contributed by atoms with E-state index in [4.69, 9.17) is 16.3 Å². The second-order valence-electron chi connectivity index (χ2n) is 9.21. The number of nitrogens with one attached hydrogen (secondary N) is 2. The van der Waals surface area contributed by atoms with Gasteiger partial charge in [-0.1, -0.05) is 12.6 Å². The summed E-state index contributed by atoms with van der Waals surface area (Å²) in [5.74, 6) is 1.22. The summed E-state index contributed by atoms with van der Waals surface area (Å²) in [5.41, 5.74) is 4.86. The molecular weight excluding hydrogens is 494 g/mol. The highest BCUT2D eigenvalue weighted by molar-refractivity contribution is 6.02. The Labute approximate surface area is 227 Å². The van der Waals surface area contributed by atoms with Crippen LogP contribution in [0.4, 0.5) is 28.7 Å². The van der Waals surface area contributed by atoms with Gasteiger partial charge in [-0.2, -0.15) is 4.98 Å². The molecule has 0 aliphatic heterocycles. The Morgan fingerprint density at radius 1 is 1.18 bits per heavy atom. The van der Waals surface area contributed by atoms with Crippen molar-refractivity contribution in [2.75, 3.05) is 56.9 Å². The number of imidazole rings is 1. The first-order valence-electron chi connectivity index (χ1n) is 12.2. The van der Waals surface area contributed by atoms with E-state index in [1.54, 1.807) is 37.8 Å². The van der Waals surface area contributed by atoms with Gasteiger partial charge >= 0.3 is 0 Å². The number of rotatable bonds is 10. The summed E-state index contributed by atoms with van der Waals surface area (Å²) in [6.07, 6.45) is 4.63. The standard InChI is InChI=1S/C28H31N9O2/c1-8-26(38)32-21-14-22(25(39-7)15-24(21)36(6)12-11-35(4)5)33-28-30-16-18(2)27(34-28)37-17-31-20-13-19(29-3)9-10-23(20)37/h8-10,13-17H,1,11-12H2,2,4-7H3,(H,32,38)(H,30,33,34). The number of likely N-dealkylation sites (N-methyl/N-ethyl adjacent to an activating group) is 2. The van der Waals surface area contributed by atoms with Crippen LogP contribution >= 0.6 is 0 Å². The first-order valence-corrected chi connectivity index (χ1v) is 12.2. The summed E-state index contributed by atoms with van der Waals surface area (Å²) in [7, 11) is 7.56. The molecule has 0 spiro atoms. The molecule has 2 N–H and O–H groups in total. The van der Waals surface area contributed by atoms with Crippen LogP contribution in [0.25, 0.3) is 21.7 Å². The monoisotopic (exact) mass is 525 g/mol. The molecule has 0 saturated heterocycles. The number of aryl methyl sites for hydroxylation is 1. The molecule has 11 heteroatoms. The van der Waals surface area contributed by atoms with Crippen LogP contribution in [0.1, 0.15) is 5.56 Å². The summed E-state index contributed by atoms with van der Waals surface area (Å²) >= 11 is 0. The van der Waals surface area contributed by atoms with E-state index in [2.05, 4.69) is 41.8 Å². The highest BCUT2D eigenvalue weighted by Gasteiger charge is 2.17. The number of aromatic nitrogens is 4. The largest absolute Gasteiger partial charge is 0.494 e. The fraction of sp³-hybridized carbons (Fsp3) is 0.250. The fourth-order valence-corrected chi connectivity index (χ4v) is 4.00. The van der Waals surface area contributed by atoms with Gasteiger partial charge in [-0.3, -0.25) is 9.36 Å². The van der Waals surface area contributed by atoms with Crippen molar-refractivity contribution >= 4 is 45.6 Å². The van der Waals surface area contributed by atoms with Crippen LogP contribution in [-0.4, -0.2) is 71.7 Å². The van der Waals surface area contributed by atoms with E-state index in [0.717, 1.165) is 29.9 Å². The van der Waals surface area contributed by atoms with E-state index in [1.165, 1.54) is 6.08 Å². The molecule has 2 aromatic heterocycles. The van der Waals surface area contributed by atoms with E-state index in [-0.39, 0.29) is 5.91 Å². The minimum Gasteiger partial charge on any atom is -0.494 e. The zero-order valence-corrected chi connectivity index (χ0v) is 22.7. The number of hydrogen-bond acceptors (Lipinski definition) is 8. The maximum Gasteiger partial charge on any atom is 0.247 e. The molecule has 0 atom stereocenters. The number of amides is 1. The average molecular weight is 526 g/mol. The number of hydrogen-bond donors (Lipinski definition) is 2. The van der Waals surface area contributed by atoms with Crippen LogP contribution in [0.2, 0.25) is 0 Å². The van der Waals surface area contributed by atoms with Crippen LogP contribution in [0.3, 0.4) is 0 Å². The molecule has 0 aliphatic carbocycles. The maximum absolute atomic E-state index is 12.2. The zero-order valence-electron chi connectivity index (χ0n) is 22.7. The van der Waals surface area contributed by atoms with Crippen molar-refractivity contribution in [3.63, 3.8) is 0 Å². The molecule has 4 aromatic rings. The molecule has 2 heterocycles. The first-order chi connectivity index (χ1) is 18.7. The fourth-order valence-electron chi connectivity index (χ4n) is 4.00. The number of nitrogens with zero attached hydrogens (tertiary/aromatic N) is 7. The first kappa shape index (κ1) is 27.1.